The van der Waals surface area contributed by atoms with Gasteiger partial charge < -0.3 is 5.32 Å². The van der Waals surface area contributed by atoms with Gasteiger partial charge in [-0.15, -0.1) is 0 Å². The van der Waals surface area contributed by atoms with Crippen LogP contribution in [0.25, 0.3) is 28.0 Å². The van der Waals surface area contributed by atoms with Crippen LogP contribution in [0.4, 0.5) is 0 Å². The topological polar surface area (TPSA) is 52.6 Å². The van der Waals surface area contributed by atoms with Gasteiger partial charge in [0.15, 0.2) is 0 Å². The van der Waals surface area contributed by atoms with Crippen molar-refractivity contribution < 1.29 is 10.0 Å². The number of hydrogen-bond acceptors (Lipinski definition) is 3. The van der Waals surface area contributed by atoms with Crippen molar-refractivity contribution in [1.29, 1.82) is 0 Å². The van der Waals surface area contributed by atoms with Crippen LogP contribution in [0.1, 0.15) is 11.1 Å². The highest BCUT2D eigenvalue weighted by atomic mass is 16.5. The number of rotatable bonds is 5. The molecule has 33 heavy (non-hydrogen) atoms. The number of benzene rings is 4. The molecule has 4 aromatic rings. The van der Waals surface area contributed by atoms with E-state index in [0.29, 0.717) is 17.2 Å². The summed E-state index contributed by atoms with van der Waals surface area (Å²) in [6.45, 7) is 0. The number of hydroxylamine groups is 2. The van der Waals surface area contributed by atoms with Gasteiger partial charge in [0.25, 0.3) is 5.91 Å². The second-order valence-electron chi connectivity index (χ2n) is 8.13. The third-order valence-electron chi connectivity index (χ3n) is 5.91. The molecule has 0 radical (unpaired) electrons. The molecule has 162 valence electrons. The summed E-state index contributed by atoms with van der Waals surface area (Å²) < 4.78 is 0. The fourth-order valence-corrected chi connectivity index (χ4v) is 4.10. The van der Waals surface area contributed by atoms with Gasteiger partial charge in [0.2, 0.25) is 0 Å². The van der Waals surface area contributed by atoms with Gasteiger partial charge in [-0.1, -0.05) is 109 Å². The van der Waals surface area contributed by atoms with Crippen LogP contribution in [0.3, 0.4) is 0 Å². The Balaban J connectivity index is 1.32. The minimum Gasteiger partial charge on any atom is -0.372 e. The minimum absolute atomic E-state index is 0.369. The van der Waals surface area contributed by atoms with Crippen molar-refractivity contribution in [2.75, 3.05) is 0 Å². The highest BCUT2D eigenvalue weighted by molar-refractivity contribution is 5.88. The molecule has 1 unspecified atom stereocenters. The maximum absolute atomic E-state index is 12.6. The first-order valence-electron chi connectivity index (χ1n) is 11.0. The summed E-state index contributed by atoms with van der Waals surface area (Å²) in [5, 5.41) is 14.3. The van der Waals surface area contributed by atoms with E-state index in [4.69, 9.17) is 0 Å². The fraction of sp³-hybridized carbons (Fsp3) is 0.0690. The monoisotopic (exact) mass is 432 g/mol. The van der Waals surface area contributed by atoms with Crippen LogP contribution in [0, 0.1) is 0 Å². The third kappa shape index (κ3) is 4.56. The maximum atomic E-state index is 12.6. The minimum atomic E-state index is -0.550. The van der Waals surface area contributed by atoms with Crippen molar-refractivity contribution in [2.45, 2.75) is 12.5 Å². The third-order valence-corrected chi connectivity index (χ3v) is 5.91. The first kappa shape index (κ1) is 20.7. The van der Waals surface area contributed by atoms with E-state index in [1.807, 2.05) is 72.8 Å². The summed E-state index contributed by atoms with van der Waals surface area (Å²) in [5.41, 5.74) is 7.18. The average Bonchev–Trinajstić information content (AvgIpc) is 2.88. The highest BCUT2D eigenvalue weighted by Gasteiger charge is 2.28. The van der Waals surface area contributed by atoms with Gasteiger partial charge in [-0.3, -0.25) is 10.0 Å². The van der Waals surface area contributed by atoms with Gasteiger partial charge in [-0.25, -0.2) is 0 Å². The zero-order chi connectivity index (χ0) is 22.6. The predicted octanol–water partition coefficient (Wildman–Crippen LogP) is 5.75. The lowest BCUT2D eigenvalue weighted by Gasteiger charge is -2.29. The standard InChI is InChI=1S/C29H24N2O2/c32-29-27(19-21-11-13-24(14-12-21)22-7-3-1-4-8-22)30-28(20-31(29)33)26-17-15-25(16-18-26)23-9-5-2-6-10-23/h1-18,20,27,30,33H,19H2. The van der Waals surface area contributed by atoms with E-state index in [-0.39, 0.29) is 5.91 Å². The normalized spacial score (nSPS) is 15.7. The molecule has 0 saturated heterocycles. The maximum Gasteiger partial charge on any atom is 0.272 e. The molecule has 1 heterocycles. The van der Waals surface area contributed by atoms with E-state index >= 15 is 0 Å². The Morgan fingerprint density at radius 2 is 1.09 bits per heavy atom. The van der Waals surface area contributed by atoms with Gasteiger partial charge >= 0.3 is 0 Å². The first-order chi connectivity index (χ1) is 16.2. The van der Waals surface area contributed by atoms with Gasteiger partial charge in [-0.05, 0) is 33.4 Å². The highest BCUT2D eigenvalue weighted by Crippen LogP contribution is 2.25. The summed E-state index contributed by atoms with van der Waals surface area (Å²) in [4.78, 5) is 12.6. The van der Waals surface area contributed by atoms with Crippen LogP contribution in [-0.2, 0) is 11.2 Å². The molecule has 1 aliphatic heterocycles. The Kier molecular flexibility index (Phi) is 5.75. The van der Waals surface area contributed by atoms with E-state index < -0.39 is 6.04 Å². The Hall–Kier alpha value is -4.15. The summed E-state index contributed by atoms with van der Waals surface area (Å²) in [6, 6.07) is 36.1. The Morgan fingerprint density at radius 3 is 1.64 bits per heavy atom. The van der Waals surface area contributed by atoms with Crippen molar-refractivity contribution in [3.63, 3.8) is 0 Å². The molecule has 1 amide bonds. The zero-order valence-electron chi connectivity index (χ0n) is 18.1. The van der Waals surface area contributed by atoms with E-state index in [2.05, 4.69) is 41.7 Å². The lowest BCUT2D eigenvalue weighted by Crippen LogP contribution is -2.48. The Bertz CT molecular complexity index is 1270. The van der Waals surface area contributed by atoms with E-state index in [1.165, 1.54) is 6.20 Å². The quantitative estimate of drug-likeness (QED) is 0.395. The SMILES string of the molecule is O=C1C(Cc2ccc(-c3ccccc3)cc2)NC(c2ccc(-c3ccccc3)cc2)=CN1O. The zero-order valence-corrected chi connectivity index (χ0v) is 18.1. The number of carbonyl (C=O) groups excluding carboxylic acids is 1. The molecule has 4 heteroatoms. The largest absolute Gasteiger partial charge is 0.372 e. The number of carbonyl (C=O) groups is 1. The summed E-state index contributed by atoms with van der Waals surface area (Å²) in [5.74, 6) is -0.369. The lowest BCUT2D eigenvalue weighted by atomic mass is 9.98. The summed E-state index contributed by atoms with van der Waals surface area (Å²) in [6.07, 6.45) is 1.92. The lowest BCUT2D eigenvalue weighted by molar-refractivity contribution is -0.157. The molecule has 0 bridgehead atoms. The smallest absolute Gasteiger partial charge is 0.272 e. The molecule has 2 N–H and O–H groups in total. The fourth-order valence-electron chi connectivity index (χ4n) is 4.10. The van der Waals surface area contributed by atoms with Gasteiger partial charge in [0.1, 0.15) is 6.04 Å². The molecule has 0 aromatic heterocycles. The molecule has 5 rings (SSSR count). The van der Waals surface area contributed by atoms with Gasteiger partial charge in [0, 0.05) is 6.42 Å². The van der Waals surface area contributed by atoms with Gasteiger partial charge in [-0.2, -0.15) is 5.06 Å². The van der Waals surface area contributed by atoms with Crippen molar-refractivity contribution >= 4 is 11.6 Å². The number of hydrogen-bond donors (Lipinski definition) is 2. The number of nitrogens with zero attached hydrogens (tertiary/aromatic N) is 1. The molecule has 0 fully saturated rings. The molecule has 1 aliphatic rings. The van der Waals surface area contributed by atoms with Crippen LogP contribution in [-0.4, -0.2) is 22.2 Å². The second kappa shape index (κ2) is 9.15. The van der Waals surface area contributed by atoms with Crippen molar-refractivity contribution in [2.24, 2.45) is 0 Å². The van der Waals surface area contributed by atoms with Crippen LogP contribution in [0.15, 0.2) is 115 Å². The average molecular weight is 433 g/mol. The molecule has 0 aliphatic carbocycles. The molecule has 4 nitrogen and oxygen atoms in total. The summed E-state index contributed by atoms with van der Waals surface area (Å²) >= 11 is 0. The van der Waals surface area contributed by atoms with Crippen LogP contribution >= 0.6 is 0 Å². The van der Waals surface area contributed by atoms with Crippen molar-refractivity contribution in [3.05, 3.63) is 127 Å². The number of amides is 1. The summed E-state index contributed by atoms with van der Waals surface area (Å²) in [7, 11) is 0. The van der Waals surface area contributed by atoms with E-state index in [0.717, 1.165) is 33.4 Å². The molecular weight excluding hydrogens is 408 g/mol. The van der Waals surface area contributed by atoms with Gasteiger partial charge in [0.05, 0.1) is 11.9 Å². The Labute approximate surface area is 193 Å². The van der Waals surface area contributed by atoms with Crippen LogP contribution in [0.2, 0.25) is 0 Å². The Morgan fingerprint density at radius 1 is 0.636 bits per heavy atom. The van der Waals surface area contributed by atoms with Crippen molar-refractivity contribution in [1.82, 2.24) is 10.4 Å². The first-order valence-corrected chi connectivity index (χ1v) is 11.0. The molecular formula is C29H24N2O2. The van der Waals surface area contributed by atoms with E-state index in [1.54, 1.807) is 0 Å². The molecule has 0 saturated carbocycles. The van der Waals surface area contributed by atoms with Crippen molar-refractivity contribution in [3.8, 4) is 22.3 Å². The predicted molar refractivity (Wildman–Crippen MR) is 131 cm³/mol. The van der Waals surface area contributed by atoms with E-state index in [9.17, 15) is 10.0 Å². The molecule has 1 atom stereocenters. The molecule has 4 aromatic carbocycles. The number of nitrogens with one attached hydrogen (secondary N) is 1. The van der Waals surface area contributed by atoms with Crippen LogP contribution in [0.5, 0.6) is 0 Å². The molecule has 0 spiro atoms. The van der Waals surface area contributed by atoms with Crippen LogP contribution < -0.4 is 5.32 Å². The second-order valence-corrected chi connectivity index (χ2v) is 8.13.